The van der Waals surface area contributed by atoms with Crippen LogP contribution in [0.1, 0.15) is 16.4 Å². The van der Waals surface area contributed by atoms with Gasteiger partial charge >= 0.3 is 0 Å². The summed E-state index contributed by atoms with van der Waals surface area (Å²) in [4.78, 5) is 0. The summed E-state index contributed by atoms with van der Waals surface area (Å²) in [5, 5.41) is 5.98. The second-order valence-corrected chi connectivity index (χ2v) is 4.08. The number of hydrogen-bond donors (Lipinski definition) is 1. The largest absolute Gasteiger partial charge is 0.277 e. The lowest BCUT2D eigenvalue weighted by Crippen LogP contribution is -1.99. The van der Waals surface area contributed by atoms with E-state index in [2.05, 4.69) is 24.3 Å². The van der Waals surface area contributed by atoms with Crippen LogP contribution in [0.4, 0.5) is 0 Å². The lowest BCUT2D eigenvalue weighted by atomic mass is 10.0. The maximum absolute atomic E-state index is 5.75. The Kier molecular flexibility index (Phi) is 3.43. The van der Waals surface area contributed by atoms with E-state index in [9.17, 15) is 0 Å². The van der Waals surface area contributed by atoms with Gasteiger partial charge in [0.2, 0.25) is 0 Å². The van der Waals surface area contributed by atoms with Gasteiger partial charge in [-0.05, 0) is 11.1 Å². The quantitative estimate of drug-likeness (QED) is 0.794. The third-order valence-electron chi connectivity index (χ3n) is 2.34. The first-order valence-corrected chi connectivity index (χ1v) is 5.81. The van der Waals surface area contributed by atoms with Gasteiger partial charge in [-0.3, -0.25) is 5.14 Å². The topological polar surface area (TPSA) is 26.0 Å². The average Bonchev–Trinajstić information content (AvgIpc) is 2.33. The molecule has 0 bridgehead atoms. The molecule has 0 saturated carbocycles. The Morgan fingerprint density at radius 1 is 0.733 bits per heavy atom. The number of rotatable bonds is 3. The lowest BCUT2D eigenvalue weighted by Gasteiger charge is -2.14. The van der Waals surface area contributed by atoms with Gasteiger partial charge in [0, 0.05) is 0 Å². The molecule has 2 rings (SSSR count). The second kappa shape index (κ2) is 5.01. The van der Waals surface area contributed by atoms with E-state index in [1.807, 2.05) is 36.4 Å². The van der Waals surface area contributed by atoms with Gasteiger partial charge in [-0.25, -0.2) is 0 Å². The molecule has 0 fully saturated rings. The molecule has 0 aliphatic heterocycles. The smallest absolute Gasteiger partial charge is 0.0689 e. The molecule has 2 aromatic carbocycles. The van der Waals surface area contributed by atoms with Crippen LogP contribution in [0, 0.1) is 0 Å². The van der Waals surface area contributed by atoms with Crippen LogP contribution in [0.2, 0.25) is 0 Å². The molecule has 0 radical (unpaired) electrons. The summed E-state index contributed by atoms with van der Waals surface area (Å²) in [5.41, 5.74) is 2.49. The molecule has 2 aromatic rings. The Bertz CT molecular complexity index is 360. The van der Waals surface area contributed by atoms with Crippen molar-refractivity contribution in [2.24, 2.45) is 5.14 Å². The molecule has 0 atom stereocenters. The van der Waals surface area contributed by atoms with Crippen molar-refractivity contribution in [1.29, 1.82) is 0 Å². The molecular formula is C13H13NS. The van der Waals surface area contributed by atoms with Gasteiger partial charge in [0.1, 0.15) is 0 Å². The van der Waals surface area contributed by atoms with Crippen molar-refractivity contribution in [3.8, 4) is 0 Å². The molecule has 0 heterocycles. The molecule has 1 nitrogen and oxygen atoms in total. The van der Waals surface area contributed by atoms with E-state index in [0.717, 1.165) is 0 Å². The molecule has 0 spiro atoms. The molecule has 15 heavy (non-hydrogen) atoms. The molecule has 2 heteroatoms. The van der Waals surface area contributed by atoms with Crippen LogP contribution in [-0.2, 0) is 0 Å². The van der Waals surface area contributed by atoms with E-state index in [-0.39, 0.29) is 5.25 Å². The van der Waals surface area contributed by atoms with Crippen LogP contribution >= 0.6 is 11.9 Å². The number of nitrogens with two attached hydrogens (primary N) is 1. The SMILES string of the molecule is NSC(c1ccccc1)c1ccccc1. The Hall–Kier alpha value is -1.25. The predicted octanol–water partition coefficient (Wildman–Crippen LogP) is 3.38. The van der Waals surface area contributed by atoms with Crippen molar-refractivity contribution in [2.75, 3.05) is 0 Å². The van der Waals surface area contributed by atoms with Crippen LogP contribution < -0.4 is 5.14 Å². The summed E-state index contributed by atoms with van der Waals surface area (Å²) >= 11 is 1.38. The van der Waals surface area contributed by atoms with E-state index < -0.39 is 0 Å². The molecule has 76 valence electrons. The van der Waals surface area contributed by atoms with Crippen molar-refractivity contribution >= 4 is 11.9 Å². The van der Waals surface area contributed by atoms with Crippen molar-refractivity contribution in [1.82, 2.24) is 0 Å². The highest BCUT2D eigenvalue weighted by Crippen LogP contribution is 2.31. The fourth-order valence-corrected chi connectivity index (χ4v) is 2.23. The van der Waals surface area contributed by atoms with Gasteiger partial charge in [-0.15, -0.1) is 0 Å². The van der Waals surface area contributed by atoms with E-state index in [1.54, 1.807) is 0 Å². The van der Waals surface area contributed by atoms with Gasteiger partial charge in [0.15, 0.2) is 0 Å². The van der Waals surface area contributed by atoms with E-state index in [1.165, 1.54) is 23.1 Å². The van der Waals surface area contributed by atoms with Crippen molar-refractivity contribution in [3.63, 3.8) is 0 Å². The predicted molar refractivity (Wildman–Crippen MR) is 66.5 cm³/mol. The first-order valence-electron chi connectivity index (χ1n) is 4.87. The zero-order valence-corrected chi connectivity index (χ0v) is 9.15. The van der Waals surface area contributed by atoms with Crippen molar-refractivity contribution in [3.05, 3.63) is 71.8 Å². The summed E-state index contributed by atoms with van der Waals surface area (Å²) in [7, 11) is 0. The van der Waals surface area contributed by atoms with Crippen LogP contribution in [-0.4, -0.2) is 0 Å². The minimum atomic E-state index is 0.229. The minimum absolute atomic E-state index is 0.229. The maximum atomic E-state index is 5.75. The highest BCUT2D eigenvalue weighted by atomic mass is 32.2. The molecule has 0 amide bonds. The number of hydrogen-bond acceptors (Lipinski definition) is 2. The molecule has 0 aliphatic carbocycles. The maximum Gasteiger partial charge on any atom is 0.0689 e. The Morgan fingerprint density at radius 3 is 1.47 bits per heavy atom. The molecule has 2 N–H and O–H groups in total. The zero-order valence-electron chi connectivity index (χ0n) is 8.34. The van der Waals surface area contributed by atoms with E-state index >= 15 is 0 Å². The standard InChI is InChI=1S/C13H13NS/c14-15-13(11-7-3-1-4-8-11)12-9-5-2-6-10-12/h1-10,13H,14H2. The van der Waals surface area contributed by atoms with Crippen LogP contribution in [0.15, 0.2) is 60.7 Å². The highest BCUT2D eigenvalue weighted by Gasteiger charge is 2.11. The second-order valence-electron chi connectivity index (χ2n) is 3.34. The van der Waals surface area contributed by atoms with Crippen molar-refractivity contribution in [2.45, 2.75) is 5.25 Å². The molecule has 0 aliphatic rings. The van der Waals surface area contributed by atoms with Gasteiger partial charge < -0.3 is 0 Å². The summed E-state index contributed by atoms with van der Waals surface area (Å²) < 4.78 is 0. The number of benzene rings is 2. The fraction of sp³-hybridized carbons (Fsp3) is 0.0769. The minimum Gasteiger partial charge on any atom is -0.277 e. The van der Waals surface area contributed by atoms with Gasteiger partial charge in [0.05, 0.1) is 5.25 Å². The third kappa shape index (κ3) is 2.41. The first kappa shape index (κ1) is 10.3. The average molecular weight is 215 g/mol. The van der Waals surface area contributed by atoms with Gasteiger partial charge in [-0.2, -0.15) is 0 Å². The molecule has 0 saturated heterocycles. The van der Waals surface area contributed by atoms with E-state index in [0.29, 0.717) is 0 Å². The van der Waals surface area contributed by atoms with Gasteiger partial charge in [-0.1, -0.05) is 72.6 Å². The third-order valence-corrected chi connectivity index (χ3v) is 3.16. The van der Waals surface area contributed by atoms with Crippen LogP contribution in [0.25, 0.3) is 0 Å². The fourth-order valence-electron chi connectivity index (χ4n) is 1.61. The highest BCUT2D eigenvalue weighted by molar-refractivity contribution is 7.97. The Balaban J connectivity index is 2.34. The van der Waals surface area contributed by atoms with Crippen LogP contribution in [0.5, 0.6) is 0 Å². The van der Waals surface area contributed by atoms with E-state index in [4.69, 9.17) is 5.14 Å². The Morgan fingerprint density at radius 2 is 1.13 bits per heavy atom. The molecule has 0 aromatic heterocycles. The first-order chi connectivity index (χ1) is 7.42. The summed E-state index contributed by atoms with van der Waals surface area (Å²) in [5.74, 6) is 0. The summed E-state index contributed by atoms with van der Waals surface area (Å²) in [6.07, 6.45) is 0. The van der Waals surface area contributed by atoms with Gasteiger partial charge in [0.25, 0.3) is 0 Å². The lowest BCUT2D eigenvalue weighted by molar-refractivity contribution is 1.16. The molecule has 0 unspecified atom stereocenters. The zero-order chi connectivity index (χ0) is 10.5. The normalized spacial score (nSPS) is 10.5. The van der Waals surface area contributed by atoms with Crippen LogP contribution in [0.3, 0.4) is 0 Å². The Labute approximate surface area is 94.5 Å². The molecular weight excluding hydrogens is 202 g/mol. The summed E-state index contributed by atoms with van der Waals surface area (Å²) in [6.45, 7) is 0. The monoisotopic (exact) mass is 215 g/mol. The van der Waals surface area contributed by atoms with Crippen molar-refractivity contribution < 1.29 is 0 Å². The summed E-state index contributed by atoms with van der Waals surface area (Å²) in [6, 6.07) is 20.6.